The fourth-order valence-electron chi connectivity index (χ4n) is 7.28. The number of para-hydroxylation sites is 1. The van der Waals surface area contributed by atoms with Crippen LogP contribution in [0, 0.1) is 25.7 Å². The number of likely N-dealkylation sites (tertiary alicyclic amines) is 1. The number of hydrogen-bond donors (Lipinski definition) is 3. The highest BCUT2D eigenvalue weighted by Crippen LogP contribution is 2.65. The molecular weight excluding hydrogens is 494 g/mol. The zero-order valence-electron chi connectivity index (χ0n) is 23.2. The summed E-state index contributed by atoms with van der Waals surface area (Å²) in [5.41, 5.74) is 1.28. The molecule has 3 fully saturated rings. The van der Waals surface area contributed by atoms with Crippen LogP contribution in [0.15, 0.2) is 48.5 Å². The minimum absolute atomic E-state index is 0.199. The van der Waals surface area contributed by atoms with E-state index < -0.39 is 35.1 Å². The molecular formula is C31H39N3O5. The van der Waals surface area contributed by atoms with E-state index in [9.17, 15) is 19.5 Å². The molecule has 39 heavy (non-hydrogen) atoms. The number of carbonyl (C=O) groups excluding carboxylic acids is 3. The smallest absolute Gasteiger partial charge is 0.250 e. The number of aliphatic hydroxyl groups is 1. The fraction of sp³-hybridized carbons (Fsp3) is 0.516. The number of aryl methyl sites for hydroxylation is 2. The van der Waals surface area contributed by atoms with Crippen molar-refractivity contribution in [1.82, 2.24) is 10.2 Å². The maximum Gasteiger partial charge on any atom is 0.250 e. The molecule has 0 saturated carbocycles. The van der Waals surface area contributed by atoms with Crippen molar-refractivity contribution in [2.24, 2.45) is 11.8 Å². The Labute approximate surface area is 230 Å². The van der Waals surface area contributed by atoms with Crippen molar-refractivity contribution < 1.29 is 24.2 Å². The Morgan fingerprint density at radius 2 is 1.74 bits per heavy atom. The molecule has 5 rings (SSSR count). The third-order valence-electron chi connectivity index (χ3n) is 9.12. The van der Waals surface area contributed by atoms with Crippen LogP contribution in [0.4, 0.5) is 5.69 Å². The summed E-state index contributed by atoms with van der Waals surface area (Å²) in [6.45, 7) is 7.97. The first-order valence-corrected chi connectivity index (χ1v) is 14.1. The van der Waals surface area contributed by atoms with E-state index in [1.807, 2.05) is 76.2 Å². The molecule has 0 radical (unpaired) electrons. The third kappa shape index (κ3) is 4.16. The minimum Gasteiger partial charge on any atom is -0.394 e. The summed E-state index contributed by atoms with van der Waals surface area (Å²) in [6.07, 6.45) is 2.42. The summed E-state index contributed by atoms with van der Waals surface area (Å²) in [4.78, 5) is 43.9. The summed E-state index contributed by atoms with van der Waals surface area (Å²) in [5.74, 6) is -2.39. The number of nitrogens with zero attached hydrogens (tertiary/aromatic N) is 1. The van der Waals surface area contributed by atoms with E-state index in [-0.39, 0.29) is 24.3 Å². The monoisotopic (exact) mass is 533 g/mol. The summed E-state index contributed by atoms with van der Waals surface area (Å²) in [5, 5.41) is 16.7. The van der Waals surface area contributed by atoms with Gasteiger partial charge in [-0.2, -0.15) is 0 Å². The Hall–Kier alpha value is -3.23. The van der Waals surface area contributed by atoms with Crippen LogP contribution >= 0.6 is 0 Å². The summed E-state index contributed by atoms with van der Waals surface area (Å²) in [6, 6.07) is 13.3. The standard InChI is InChI=1S/C31H39N3O5/c1-5-17-32-27(36)23-24-29(38)34(22(18-35)21-13-8-7-9-14-21)26(31(24)16-15-30(23,6-2)39-31)28(37)33-25-19(3)11-10-12-20(25)4/h7-14,22-24,26,35H,5-6,15-18H2,1-4H3,(H,32,36)(H,33,37)/t22-,23+,24+,26?,30-,31?/m1/s1. The van der Waals surface area contributed by atoms with Crippen molar-refractivity contribution >= 4 is 23.4 Å². The van der Waals surface area contributed by atoms with E-state index in [1.54, 1.807) is 0 Å². The summed E-state index contributed by atoms with van der Waals surface area (Å²) < 4.78 is 6.83. The van der Waals surface area contributed by atoms with Crippen molar-refractivity contribution in [2.75, 3.05) is 18.5 Å². The Morgan fingerprint density at radius 3 is 2.36 bits per heavy atom. The lowest BCUT2D eigenvalue weighted by Gasteiger charge is -2.37. The van der Waals surface area contributed by atoms with Gasteiger partial charge in [0.2, 0.25) is 17.7 Å². The second kappa shape index (κ2) is 10.4. The van der Waals surface area contributed by atoms with Crippen LogP contribution in [0.3, 0.4) is 0 Å². The lowest BCUT2D eigenvalue weighted by atomic mass is 9.65. The average molecular weight is 534 g/mol. The molecule has 3 aliphatic rings. The topological polar surface area (TPSA) is 108 Å². The number of amides is 3. The molecule has 2 aromatic rings. The molecule has 3 N–H and O–H groups in total. The normalized spacial score (nSPS) is 29.8. The van der Waals surface area contributed by atoms with Crippen molar-refractivity contribution in [3.8, 4) is 0 Å². The number of rotatable bonds is 9. The van der Waals surface area contributed by atoms with Gasteiger partial charge in [-0.1, -0.05) is 62.4 Å². The molecule has 3 heterocycles. The number of carbonyl (C=O) groups is 3. The zero-order chi connectivity index (χ0) is 27.9. The first-order chi connectivity index (χ1) is 18.7. The molecule has 0 aliphatic carbocycles. The van der Waals surface area contributed by atoms with Gasteiger partial charge in [-0.25, -0.2) is 0 Å². The van der Waals surface area contributed by atoms with Gasteiger partial charge in [0.05, 0.1) is 30.1 Å². The lowest BCUT2D eigenvalue weighted by molar-refractivity contribution is -0.149. The van der Waals surface area contributed by atoms with Gasteiger partial charge >= 0.3 is 0 Å². The minimum atomic E-state index is -1.16. The van der Waals surface area contributed by atoms with E-state index in [1.165, 1.54) is 4.90 Å². The van der Waals surface area contributed by atoms with E-state index in [0.29, 0.717) is 31.5 Å². The van der Waals surface area contributed by atoms with Crippen LogP contribution in [0.2, 0.25) is 0 Å². The molecule has 2 bridgehead atoms. The highest BCUT2D eigenvalue weighted by atomic mass is 16.5. The Kier molecular flexibility index (Phi) is 7.29. The van der Waals surface area contributed by atoms with Crippen LogP contribution in [0.1, 0.15) is 62.3 Å². The second-order valence-electron chi connectivity index (χ2n) is 11.2. The largest absolute Gasteiger partial charge is 0.394 e. The Balaban J connectivity index is 1.63. The van der Waals surface area contributed by atoms with E-state index in [4.69, 9.17) is 4.74 Å². The molecule has 3 amide bonds. The van der Waals surface area contributed by atoms with Crippen molar-refractivity contribution in [3.63, 3.8) is 0 Å². The van der Waals surface area contributed by atoms with Gasteiger partial charge in [-0.15, -0.1) is 0 Å². The highest BCUT2D eigenvalue weighted by Gasteiger charge is 2.79. The summed E-state index contributed by atoms with van der Waals surface area (Å²) >= 11 is 0. The van der Waals surface area contributed by atoms with Gasteiger partial charge in [-0.05, 0) is 56.2 Å². The molecule has 0 aromatic heterocycles. The van der Waals surface area contributed by atoms with Gasteiger partial charge in [-0.3, -0.25) is 14.4 Å². The predicted octanol–water partition coefficient (Wildman–Crippen LogP) is 3.66. The molecule has 8 heteroatoms. The van der Waals surface area contributed by atoms with Gasteiger partial charge in [0.1, 0.15) is 11.6 Å². The molecule has 3 aliphatic heterocycles. The predicted molar refractivity (Wildman–Crippen MR) is 148 cm³/mol. The number of hydrogen-bond acceptors (Lipinski definition) is 5. The molecule has 6 atom stereocenters. The first kappa shape index (κ1) is 27.3. The zero-order valence-corrected chi connectivity index (χ0v) is 23.2. The average Bonchev–Trinajstić information content (AvgIpc) is 3.54. The van der Waals surface area contributed by atoms with Gasteiger partial charge in [0.15, 0.2) is 0 Å². The molecule has 2 unspecified atom stereocenters. The van der Waals surface area contributed by atoms with Crippen molar-refractivity contribution in [1.29, 1.82) is 0 Å². The Bertz CT molecular complexity index is 1250. The number of aliphatic hydroxyl groups excluding tert-OH is 1. The van der Waals surface area contributed by atoms with Crippen LogP contribution < -0.4 is 10.6 Å². The Morgan fingerprint density at radius 1 is 1.05 bits per heavy atom. The molecule has 3 saturated heterocycles. The van der Waals surface area contributed by atoms with Gasteiger partial charge in [0, 0.05) is 12.2 Å². The number of anilines is 1. The molecule has 1 spiro atoms. The van der Waals surface area contributed by atoms with Gasteiger partial charge < -0.3 is 25.4 Å². The highest BCUT2D eigenvalue weighted by molar-refractivity contribution is 6.04. The lowest BCUT2D eigenvalue weighted by Crippen LogP contribution is -2.54. The van der Waals surface area contributed by atoms with E-state index in [2.05, 4.69) is 10.6 Å². The van der Waals surface area contributed by atoms with E-state index in [0.717, 1.165) is 23.1 Å². The molecule has 2 aromatic carbocycles. The quantitative estimate of drug-likeness (QED) is 0.456. The number of nitrogens with one attached hydrogen (secondary N) is 2. The fourth-order valence-corrected chi connectivity index (χ4v) is 7.28. The van der Waals surface area contributed by atoms with Crippen molar-refractivity contribution in [3.05, 3.63) is 65.2 Å². The molecule has 208 valence electrons. The summed E-state index contributed by atoms with van der Waals surface area (Å²) in [7, 11) is 0. The van der Waals surface area contributed by atoms with Crippen LogP contribution in [-0.4, -0.2) is 58.1 Å². The SMILES string of the molecule is CCCNC(=O)[C@@H]1[C@H]2C(=O)N([C@H](CO)c3ccccc3)C(C(=O)Nc3c(C)cccc3C)C23CC[C@@]1(CC)O3. The van der Waals surface area contributed by atoms with Crippen LogP contribution in [0.5, 0.6) is 0 Å². The first-order valence-electron chi connectivity index (χ1n) is 14.1. The van der Waals surface area contributed by atoms with Crippen LogP contribution in [-0.2, 0) is 19.1 Å². The van der Waals surface area contributed by atoms with E-state index >= 15 is 0 Å². The maximum absolute atomic E-state index is 14.5. The molecule has 8 nitrogen and oxygen atoms in total. The number of benzene rings is 2. The maximum atomic E-state index is 14.5. The third-order valence-corrected chi connectivity index (χ3v) is 9.12. The van der Waals surface area contributed by atoms with Gasteiger partial charge in [0.25, 0.3) is 0 Å². The van der Waals surface area contributed by atoms with Crippen molar-refractivity contribution in [2.45, 2.75) is 76.7 Å². The number of fused-ring (bicyclic) bond motifs is 1. The van der Waals surface area contributed by atoms with Crippen LogP contribution in [0.25, 0.3) is 0 Å². The number of ether oxygens (including phenoxy) is 1. The second-order valence-corrected chi connectivity index (χ2v) is 11.2.